The molecule has 0 aromatic carbocycles. The Bertz CT molecular complexity index is 1650. The zero-order valence-corrected chi connectivity index (χ0v) is 51.5. The molecule has 82 heavy (non-hydrogen) atoms. The van der Waals surface area contributed by atoms with Crippen molar-refractivity contribution in [2.24, 2.45) is 0 Å². The smallest absolute Gasteiger partial charge is 0.220 e. The predicted molar refractivity (Wildman–Crippen MR) is 332 cm³/mol. The van der Waals surface area contributed by atoms with Crippen LogP contribution in [0.2, 0.25) is 0 Å². The van der Waals surface area contributed by atoms with E-state index < -0.39 is 86.8 Å². The average molecular weight is 1160 g/mol. The minimum Gasteiger partial charge on any atom is -0.394 e. The molecule has 2 saturated heterocycles. The maximum absolute atomic E-state index is 13.3. The van der Waals surface area contributed by atoms with Gasteiger partial charge in [-0.1, -0.05) is 273 Å². The standard InChI is InChI=1S/C68H121NO13/c1-3-5-7-9-11-13-15-17-19-21-23-24-25-26-27-28-29-30-31-32-34-35-37-39-41-43-45-47-49-51-57(72)56(69-60(73)52-50-48-46-44-42-40-38-36-33-22-20-18-16-14-12-10-8-6-4-2)55-79-67-65(78)63(76)66(59(54-71)81-67)82-68-64(77)62(75)61(74)58(53-70)80-68/h6,8,12,14,18,20,33,36,40,42,46,48,56-59,61-68,70-72,74-78H,3-5,7,9-11,13,15-17,19,21-32,34-35,37-39,41,43-45,47,49-55H2,1-2H3,(H,69,73)/b8-6-,14-12-,20-18-,36-33-,42-40-,48-46-. The second-order valence-corrected chi connectivity index (χ2v) is 23.2. The number of unbranched alkanes of at least 4 members (excludes halogenated alkanes) is 28. The first-order chi connectivity index (χ1) is 40.1. The van der Waals surface area contributed by atoms with Gasteiger partial charge in [0.1, 0.15) is 48.8 Å². The van der Waals surface area contributed by atoms with Crippen molar-refractivity contribution in [2.75, 3.05) is 19.8 Å². The van der Waals surface area contributed by atoms with Gasteiger partial charge in [0.25, 0.3) is 0 Å². The highest BCUT2D eigenvalue weighted by molar-refractivity contribution is 5.76. The summed E-state index contributed by atoms with van der Waals surface area (Å²) in [5.41, 5.74) is 0. The number of hydrogen-bond acceptors (Lipinski definition) is 13. The predicted octanol–water partition coefficient (Wildman–Crippen LogP) is 12.7. The van der Waals surface area contributed by atoms with E-state index in [2.05, 4.69) is 79.9 Å². The number of amides is 1. The summed E-state index contributed by atoms with van der Waals surface area (Å²) in [5.74, 6) is -0.288. The molecule has 0 aliphatic carbocycles. The molecule has 0 aromatic heterocycles. The molecule has 12 atom stereocenters. The highest BCUT2D eigenvalue weighted by Gasteiger charge is 2.51. The Balaban J connectivity index is 1.71. The van der Waals surface area contributed by atoms with E-state index in [0.717, 1.165) is 64.2 Å². The first-order valence-corrected chi connectivity index (χ1v) is 33.2. The maximum Gasteiger partial charge on any atom is 0.220 e. The van der Waals surface area contributed by atoms with Gasteiger partial charge in [-0.25, -0.2) is 0 Å². The Labute approximate surface area is 498 Å². The van der Waals surface area contributed by atoms with Crippen LogP contribution in [-0.4, -0.2) is 140 Å². The van der Waals surface area contributed by atoms with Crippen molar-refractivity contribution < 1.29 is 64.6 Å². The van der Waals surface area contributed by atoms with E-state index in [-0.39, 0.29) is 18.9 Å². The fourth-order valence-electron chi connectivity index (χ4n) is 10.7. The number of carbonyl (C=O) groups excluding carboxylic acids is 1. The first-order valence-electron chi connectivity index (χ1n) is 33.2. The number of aliphatic hydroxyl groups is 8. The number of nitrogens with one attached hydrogen (secondary N) is 1. The molecule has 0 bridgehead atoms. The van der Waals surface area contributed by atoms with Crippen molar-refractivity contribution in [3.63, 3.8) is 0 Å². The fraction of sp³-hybridized carbons (Fsp3) is 0.809. The normalized spacial score (nSPS) is 24.4. The Morgan fingerprint density at radius 3 is 1.22 bits per heavy atom. The molecule has 2 aliphatic heterocycles. The van der Waals surface area contributed by atoms with Crippen LogP contribution in [0.3, 0.4) is 0 Å². The lowest BCUT2D eigenvalue weighted by molar-refractivity contribution is -0.359. The second kappa shape index (κ2) is 52.7. The van der Waals surface area contributed by atoms with Crippen molar-refractivity contribution in [2.45, 2.75) is 331 Å². The van der Waals surface area contributed by atoms with Crippen molar-refractivity contribution in [1.82, 2.24) is 5.32 Å². The number of hydrogen-bond donors (Lipinski definition) is 9. The lowest BCUT2D eigenvalue weighted by Gasteiger charge is -2.46. The van der Waals surface area contributed by atoms with Gasteiger partial charge in [-0.15, -0.1) is 0 Å². The molecule has 2 fully saturated rings. The Hall–Kier alpha value is -2.57. The zero-order chi connectivity index (χ0) is 59.5. The summed E-state index contributed by atoms with van der Waals surface area (Å²) >= 11 is 0. The van der Waals surface area contributed by atoms with E-state index >= 15 is 0 Å². The molecule has 12 unspecified atom stereocenters. The van der Waals surface area contributed by atoms with Gasteiger partial charge in [-0.2, -0.15) is 0 Å². The highest BCUT2D eigenvalue weighted by Crippen LogP contribution is 2.30. The summed E-state index contributed by atoms with van der Waals surface area (Å²) in [7, 11) is 0. The van der Waals surface area contributed by atoms with Gasteiger partial charge in [0.15, 0.2) is 12.6 Å². The molecule has 0 spiro atoms. The first kappa shape index (κ1) is 75.5. The van der Waals surface area contributed by atoms with Gasteiger partial charge in [0.2, 0.25) is 5.91 Å². The summed E-state index contributed by atoms with van der Waals surface area (Å²) < 4.78 is 22.8. The lowest BCUT2D eigenvalue weighted by atomic mass is 9.97. The summed E-state index contributed by atoms with van der Waals surface area (Å²) in [6.45, 7) is 2.72. The van der Waals surface area contributed by atoms with Crippen molar-refractivity contribution in [3.05, 3.63) is 72.9 Å². The molecule has 9 N–H and O–H groups in total. The molecule has 14 nitrogen and oxygen atoms in total. The number of rotatable bonds is 53. The van der Waals surface area contributed by atoms with Crippen LogP contribution >= 0.6 is 0 Å². The average Bonchev–Trinajstić information content (AvgIpc) is 3.67. The fourth-order valence-corrected chi connectivity index (χ4v) is 10.7. The van der Waals surface area contributed by atoms with E-state index in [0.29, 0.717) is 12.8 Å². The van der Waals surface area contributed by atoms with Crippen LogP contribution in [0.15, 0.2) is 72.9 Å². The third-order valence-corrected chi connectivity index (χ3v) is 15.9. The minimum atomic E-state index is -1.79. The summed E-state index contributed by atoms with van der Waals surface area (Å²) in [4.78, 5) is 13.3. The SMILES string of the molecule is CC/C=C\C/C=C\C/C=C\C/C=C\C/C=C\C/C=C\CCC(=O)NC(COC1OC(CO)C(OC2OC(CO)C(O)C(O)C2O)C(O)C1O)C(O)CCCCCCCCCCCCCCCCCCCCCCCCCCCCCCC. The molecule has 2 aliphatic rings. The molecule has 0 radical (unpaired) electrons. The summed E-state index contributed by atoms with van der Waals surface area (Å²) in [6, 6.07) is -0.875. The van der Waals surface area contributed by atoms with Crippen LogP contribution in [0.4, 0.5) is 0 Å². The molecule has 0 saturated carbocycles. The molecular weight excluding hydrogens is 1040 g/mol. The lowest BCUT2D eigenvalue weighted by Crippen LogP contribution is -2.65. The van der Waals surface area contributed by atoms with Crippen LogP contribution in [0.5, 0.6) is 0 Å². The number of ether oxygens (including phenoxy) is 4. The summed E-state index contributed by atoms with van der Waals surface area (Å²) in [6.07, 6.45) is 53.6. The van der Waals surface area contributed by atoms with Crippen LogP contribution in [0.1, 0.15) is 258 Å². The Morgan fingerprint density at radius 1 is 0.451 bits per heavy atom. The quantitative estimate of drug-likeness (QED) is 0.0204. The number of aliphatic hydroxyl groups excluding tert-OH is 8. The summed E-state index contributed by atoms with van der Waals surface area (Å²) in [5, 5.41) is 87.4. The molecule has 476 valence electrons. The van der Waals surface area contributed by atoms with Gasteiger partial charge in [0, 0.05) is 6.42 Å². The molecular formula is C68H121NO13. The maximum atomic E-state index is 13.3. The Kier molecular flexibility index (Phi) is 48.6. The Morgan fingerprint density at radius 2 is 0.817 bits per heavy atom. The molecule has 2 rings (SSSR count). The molecule has 1 amide bonds. The van der Waals surface area contributed by atoms with Crippen molar-refractivity contribution in [3.8, 4) is 0 Å². The van der Waals surface area contributed by atoms with Gasteiger partial charge in [0.05, 0.1) is 32.0 Å². The molecule has 2 heterocycles. The van der Waals surface area contributed by atoms with Crippen LogP contribution < -0.4 is 5.32 Å². The van der Waals surface area contributed by atoms with E-state index in [4.69, 9.17) is 18.9 Å². The van der Waals surface area contributed by atoms with Gasteiger partial charge in [-0.05, 0) is 51.4 Å². The van der Waals surface area contributed by atoms with Gasteiger partial charge < -0.3 is 65.1 Å². The second-order valence-electron chi connectivity index (χ2n) is 23.2. The van der Waals surface area contributed by atoms with Crippen molar-refractivity contribution in [1.29, 1.82) is 0 Å². The van der Waals surface area contributed by atoms with Crippen molar-refractivity contribution >= 4 is 5.91 Å². The highest BCUT2D eigenvalue weighted by atomic mass is 16.7. The monoisotopic (exact) mass is 1160 g/mol. The van der Waals surface area contributed by atoms with Gasteiger partial charge in [-0.3, -0.25) is 4.79 Å². The van der Waals surface area contributed by atoms with Crippen LogP contribution in [0, 0.1) is 0 Å². The van der Waals surface area contributed by atoms with Gasteiger partial charge >= 0.3 is 0 Å². The van der Waals surface area contributed by atoms with E-state index in [1.807, 2.05) is 12.2 Å². The molecule has 0 aromatic rings. The van der Waals surface area contributed by atoms with E-state index in [1.54, 1.807) is 0 Å². The third-order valence-electron chi connectivity index (χ3n) is 15.9. The van der Waals surface area contributed by atoms with Crippen LogP contribution in [0.25, 0.3) is 0 Å². The largest absolute Gasteiger partial charge is 0.394 e. The zero-order valence-electron chi connectivity index (χ0n) is 51.5. The third kappa shape index (κ3) is 37.1. The van der Waals surface area contributed by atoms with E-state index in [1.165, 1.54) is 161 Å². The topological polar surface area (TPSA) is 228 Å². The van der Waals surface area contributed by atoms with Crippen LogP contribution in [-0.2, 0) is 23.7 Å². The minimum absolute atomic E-state index is 0.176. The molecule has 14 heteroatoms. The number of allylic oxidation sites excluding steroid dienone is 12. The number of carbonyl (C=O) groups is 1. The van der Waals surface area contributed by atoms with E-state index in [9.17, 15) is 45.6 Å².